The Balaban J connectivity index is 2.11. The first kappa shape index (κ1) is 15.7. The number of benzene rings is 1. The third kappa shape index (κ3) is 3.14. The van der Waals surface area contributed by atoms with Gasteiger partial charge >= 0.3 is 5.97 Å². The van der Waals surface area contributed by atoms with Crippen LogP contribution >= 0.6 is 0 Å². The van der Waals surface area contributed by atoms with Crippen molar-refractivity contribution in [1.29, 1.82) is 0 Å². The molecule has 21 heavy (non-hydrogen) atoms. The van der Waals surface area contributed by atoms with E-state index in [4.69, 9.17) is 20.3 Å². The summed E-state index contributed by atoms with van der Waals surface area (Å²) in [5.74, 6) is -0.850. The molecule has 0 bridgehead atoms. The van der Waals surface area contributed by atoms with Crippen LogP contribution in [0, 0.1) is 0 Å². The zero-order valence-corrected chi connectivity index (χ0v) is 11.0. The largest absolute Gasteiger partial charge is 0.429 e. The van der Waals surface area contributed by atoms with E-state index in [0.29, 0.717) is 0 Å². The molecule has 8 nitrogen and oxygen atoms in total. The lowest BCUT2D eigenvalue weighted by Gasteiger charge is -2.39. The molecule has 2 rings (SSSR count). The van der Waals surface area contributed by atoms with Gasteiger partial charge in [0.25, 0.3) is 0 Å². The fourth-order valence-electron chi connectivity index (χ4n) is 2.02. The van der Waals surface area contributed by atoms with Gasteiger partial charge in [-0.3, -0.25) is 0 Å². The van der Waals surface area contributed by atoms with Gasteiger partial charge in [-0.1, -0.05) is 12.1 Å². The maximum Gasteiger partial charge on any atom is 0.342 e. The van der Waals surface area contributed by atoms with E-state index >= 15 is 0 Å². The van der Waals surface area contributed by atoms with E-state index in [1.165, 1.54) is 12.1 Å². The van der Waals surface area contributed by atoms with Crippen LogP contribution in [0.4, 0.5) is 5.69 Å². The van der Waals surface area contributed by atoms with Crippen LogP contribution in [0.3, 0.4) is 0 Å². The topological polar surface area (TPSA) is 142 Å². The number of ether oxygens (including phenoxy) is 2. The number of carbonyl (C=O) groups excluding carboxylic acids is 1. The highest BCUT2D eigenvalue weighted by molar-refractivity contribution is 5.95. The highest BCUT2D eigenvalue weighted by Gasteiger charge is 2.45. The fourth-order valence-corrected chi connectivity index (χ4v) is 2.02. The third-order valence-corrected chi connectivity index (χ3v) is 3.25. The Labute approximate surface area is 120 Å². The summed E-state index contributed by atoms with van der Waals surface area (Å²) in [6, 6.07) is 6.16. The summed E-state index contributed by atoms with van der Waals surface area (Å²) >= 11 is 0. The molecule has 0 aromatic heterocycles. The van der Waals surface area contributed by atoms with Gasteiger partial charge in [0.2, 0.25) is 6.29 Å². The predicted molar refractivity (Wildman–Crippen MR) is 70.0 cm³/mol. The summed E-state index contributed by atoms with van der Waals surface area (Å²) in [4.78, 5) is 12.0. The maximum absolute atomic E-state index is 12.0. The second kappa shape index (κ2) is 6.37. The minimum absolute atomic E-state index is 0.0782. The summed E-state index contributed by atoms with van der Waals surface area (Å²) in [7, 11) is 0. The minimum atomic E-state index is -1.64. The van der Waals surface area contributed by atoms with Crippen LogP contribution in [0.5, 0.6) is 0 Å². The lowest BCUT2D eigenvalue weighted by atomic mass is 9.99. The van der Waals surface area contributed by atoms with Crippen LogP contribution in [-0.2, 0) is 9.47 Å². The van der Waals surface area contributed by atoms with Gasteiger partial charge in [-0.05, 0) is 12.1 Å². The third-order valence-electron chi connectivity index (χ3n) is 3.25. The number of rotatable bonds is 3. The van der Waals surface area contributed by atoms with Gasteiger partial charge in [0.1, 0.15) is 24.4 Å². The molecule has 0 aliphatic carbocycles. The summed E-state index contributed by atoms with van der Waals surface area (Å²) in [6.45, 7) is -0.605. The molecule has 0 saturated carbocycles. The van der Waals surface area contributed by atoms with Crippen molar-refractivity contribution in [2.24, 2.45) is 0 Å². The summed E-state index contributed by atoms with van der Waals surface area (Å²) in [5, 5.41) is 38.0. The molecule has 1 saturated heterocycles. The van der Waals surface area contributed by atoms with Gasteiger partial charge in [0.15, 0.2) is 0 Å². The summed E-state index contributed by atoms with van der Waals surface area (Å²) < 4.78 is 10.0. The first-order valence-corrected chi connectivity index (χ1v) is 6.31. The first-order chi connectivity index (χ1) is 9.95. The van der Waals surface area contributed by atoms with Crippen molar-refractivity contribution in [2.75, 3.05) is 12.3 Å². The maximum atomic E-state index is 12.0. The number of anilines is 1. The number of esters is 1. The molecule has 1 aliphatic heterocycles. The number of aliphatic hydroxyl groups excluding tert-OH is 4. The Morgan fingerprint density at radius 3 is 2.48 bits per heavy atom. The van der Waals surface area contributed by atoms with E-state index in [9.17, 15) is 20.1 Å². The Bertz CT molecular complexity index is 507. The van der Waals surface area contributed by atoms with Crippen molar-refractivity contribution in [1.82, 2.24) is 0 Å². The molecule has 116 valence electrons. The summed E-state index contributed by atoms with van der Waals surface area (Å²) in [6.07, 6.45) is -7.43. The molecular weight excluding hydrogens is 282 g/mol. The zero-order valence-electron chi connectivity index (χ0n) is 11.0. The van der Waals surface area contributed by atoms with Crippen molar-refractivity contribution in [3.63, 3.8) is 0 Å². The van der Waals surface area contributed by atoms with E-state index < -0.39 is 43.3 Å². The molecule has 1 aromatic rings. The molecule has 6 N–H and O–H groups in total. The fraction of sp³-hybridized carbons (Fsp3) is 0.462. The van der Waals surface area contributed by atoms with E-state index in [2.05, 4.69) is 0 Å². The van der Waals surface area contributed by atoms with Crippen molar-refractivity contribution >= 4 is 11.7 Å². The van der Waals surface area contributed by atoms with Gasteiger partial charge in [-0.25, -0.2) is 4.79 Å². The van der Waals surface area contributed by atoms with Crippen LogP contribution in [0.15, 0.2) is 24.3 Å². The predicted octanol–water partition coefficient (Wildman–Crippen LogP) is -1.77. The molecule has 0 spiro atoms. The second-order valence-corrected chi connectivity index (χ2v) is 4.69. The highest BCUT2D eigenvalue weighted by atomic mass is 16.7. The average molecular weight is 299 g/mol. The van der Waals surface area contributed by atoms with Gasteiger partial charge in [-0.2, -0.15) is 0 Å². The summed E-state index contributed by atoms with van der Waals surface area (Å²) in [5.41, 5.74) is 5.90. The first-order valence-electron chi connectivity index (χ1n) is 6.31. The standard InChI is InChI=1S/C13H17NO7/c14-7-4-2-1-3-6(7)12(19)21-13-11(18)10(17)9(16)8(5-15)20-13/h1-4,8-11,13,15-18H,5,14H2/t8-,9-,10+,11-,13?/m1/s1. The quantitative estimate of drug-likeness (QED) is 0.326. The van der Waals surface area contributed by atoms with Crippen molar-refractivity contribution in [3.8, 4) is 0 Å². The SMILES string of the molecule is Nc1ccccc1C(=O)OC1O[C@H](CO)[C@@H](O)[C@H](O)[C@H]1O. The molecular formula is C13H17NO7. The lowest BCUT2D eigenvalue weighted by Crippen LogP contribution is -2.59. The number of para-hydroxylation sites is 1. The van der Waals surface area contributed by atoms with E-state index in [1.54, 1.807) is 12.1 Å². The van der Waals surface area contributed by atoms with Crippen LogP contribution in [0.1, 0.15) is 10.4 Å². The zero-order chi connectivity index (χ0) is 15.6. The van der Waals surface area contributed by atoms with E-state index in [1.807, 2.05) is 0 Å². The van der Waals surface area contributed by atoms with Gasteiger partial charge in [-0.15, -0.1) is 0 Å². The molecule has 5 atom stereocenters. The lowest BCUT2D eigenvalue weighted by molar-refractivity contribution is -0.285. The number of nitrogens with two attached hydrogens (primary N) is 1. The van der Waals surface area contributed by atoms with Crippen LogP contribution in [-0.4, -0.2) is 63.7 Å². The number of aliphatic hydroxyl groups is 4. The monoisotopic (exact) mass is 299 g/mol. The van der Waals surface area contributed by atoms with Crippen LogP contribution < -0.4 is 5.73 Å². The van der Waals surface area contributed by atoms with Gasteiger partial charge in [0.05, 0.1) is 12.2 Å². The van der Waals surface area contributed by atoms with Crippen molar-refractivity contribution < 1.29 is 34.7 Å². The number of hydrogen-bond donors (Lipinski definition) is 5. The molecule has 1 aliphatic rings. The average Bonchev–Trinajstić information content (AvgIpc) is 2.48. The normalized spacial score (nSPS) is 32.7. The molecule has 1 aromatic carbocycles. The Morgan fingerprint density at radius 1 is 1.19 bits per heavy atom. The van der Waals surface area contributed by atoms with E-state index in [-0.39, 0.29) is 11.3 Å². The minimum Gasteiger partial charge on any atom is -0.429 e. The Kier molecular flexibility index (Phi) is 4.76. The number of nitrogen functional groups attached to an aromatic ring is 1. The Morgan fingerprint density at radius 2 is 1.86 bits per heavy atom. The highest BCUT2D eigenvalue weighted by Crippen LogP contribution is 2.23. The molecule has 1 unspecified atom stereocenters. The van der Waals surface area contributed by atoms with Gasteiger partial charge < -0.3 is 35.6 Å². The van der Waals surface area contributed by atoms with Crippen molar-refractivity contribution in [2.45, 2.75) is 30.7 Å². The second-order valence-electron chi connectivity index (χ2n) is 4.69. The van der Waals surface area contributed by atoms with Crippen LogP contribution in [0.2, 0.25) is 0 Å². The van der Waals surface area contributed by atoms with Gasteiger partial charge in [0, 0.05) is 5.69 Å². The van der Waals surface area contributed by atoms with Crippen molar-refractivity contribution in [3.05, 3.63) is 29.8 Å². The Hall–Kier alpha value is -1.71. The number of carbonyl (C=O) groups is 1. The molecule has 1 fully saturated rings. The molecule has 8 heteroatoms. The smallest absolute Gasteiger partial charge is 0.342 e. The van der Waals surface area contributed by atoms with E-state index in [0.717, 1.165) is 0 Å². The molecule has 1 heterocycles. The molecule has 0 amide bonds. The number of hydrogen-bond acceptors (Lipinski definition) is 8. The van der Waals surface area contributed by atoms with Crippen LogP contribution in [0.25, 0.3) is 0 Å². The molecule has 0 radical (unpaired) electrons.